The number of hydrogen-bond donors (Lipinski definition) is 1. The van der Waals surface area contributed by atoms with E-state index in [9.17, 15) is 4.79 Å². The fourth-order valence-corrected chi connectivity index (χ4v) is 4.25. The van der Waals surface area contributed by atoms with E-state index in [4.69, 9.17) is 0 Å². The fraction of sp³-hybridized carbons (Fsp3) is 0.286. The monoisotopic (exact) mass is 378 g/mol. The molecule has 0 aliphatic carbocycles. The van der Waals surface area contributed by atoms with Gasteiger partial charge in [-0.3, -0.25) is 4.79 Å². The van der Waals surface area contributed by atoms with Crippen molar-refractivity contribution in [3.8, 4) is 11.1 Å². The molecule has 5 nitrogen and oxygen atoms in total. The minimum atomic E-state index is 0.00130. The molecule has 1 fully saturated rings. The number of benzene rings is 1. The molecule has 0 saturated carbocycles. The van der Waals surface area contributed by atoms with Crippen molar-refractivity contribution >= 4 is 23.2 Å². The second kappa shape index (κ2) is 7.88. The Labute approximate surface area is 163 Å². The largest absolute Gasteiger partial charge is 0.347 e. The average Bonchev–Trinajstić information content (AvgIpc) is 3.19. The zero-order chi connectivity index (χ0) is 18.6. The summed E-state index contributed by atoms with van der Waals surface area (Å²) in [4.78, 5) is 24.5. The number of aryl methyl sites for hydroxylation is 1. The summed E-state index contributed by atoms with van der Waals surface area (Å²) in [6, 6.07) is 12.2. The quantitative estimate of drug-likeness (QED) is 0.748. The van der Waals surface area contributed by atoms with E-state index in [1.807, 2.05) is 17.5 Å². The SMILES string of the molecule is Cc1ccc(-c2ccsc2C(=O)N[C@@H]2CCCN(c3ncccn3)C2)cc1. The molecule has 1 N–H and O–H groups in total. The van der Waals surface area contributed by atoms with Gasteiger partial charge in [0.15, 0.2) is 0 Å². The van der Waals surface area contributed by atoms with Gasteiger partial charge in [-0.1, -0.05) is 29.8 Å². The van der Waals surface area contributed by atoms with Crippen molar-refractivity contribution in [1.29, 1.82) is 0 Å². The Bertz CT molecular complexity index is 907. The standard InChI is InChI=1S/C21H22N4OS/c1-15-5-7-16(8-6-15)18-9-13-27-19(18)20(26)24-17-4-2-12-25(14-17)21-22-10-3-11-23-21/h3,5-11,13,17H,2,4,12,14H2,1H3,(H,24,26)/t17-/m1/s1. The van der Waals surface area contributed by atoms with E-state index in [0.29, 0.717) is 0 Å². The summed E-state index contributed by atoms with van der Waals surface area (Å²) in [5.74, 6) is 0.731. The first kappa shape index (κ1) is 17.7. The van der Waals surface area contributed by atoms with Crippen LogP contribution in [-0.4, -0.2) is 35.0 Å². The zero-order valence-corrected chi connectivity index (χ0v) is 16.1. The van der Waals surface area contributed by atoms with Crippen LogP contribution in [0.25, 0.3) is 11.1 Å². The molecule has 0 radical (unpaired) electrons. The maximum Gasteiger partial charge on any atom is 0.262 e. The molecule has 6 heteroatoms. The lowest BCUT2D eigenvalue weighted by Crippen LogP contribution is -2.48. The Hall–Kier alpha value is -2.73. The predicted molar refractivity (Wildman–Crippen MR) is 109 cm³/mol. The van der Waals surface area contributed by atoms with Crippen molar-refractivity contribution in [2.45, 2.75) is 25.8 Å². The number of carbonyl (C=O) groups excluding carboxylic acids is 1. The van der Waals surface area contributed by atoms with Crippen molar-refractivity contribution in [3.05, 3.63) is 64.6 Å². The van der Waals surface area contributed by atoms with Crippen LogP contribution in [0.15, 0.2) is 54.2 Å². The van der Waals surface area contributed by atoms with E-state index in [1.165, 1.54) is 16.9 Å². The molecular formula is C21H22N4OS. The summed E-state index contributed by atoms with van der Waals surface area (Å²) in [7, 11) is 0. The van der Waals surface area contributed by atoms with Crippen molar-refractivity contribution in [2.75, 3.05) is 18.0 Å². The van der Waals surface area contributed by atoms with Gasteiger partial charge in [-0.15, -0.1) is 11.3 Å². The Morgan fingerprint density at radius 2 is 1.96 bits per heavy atom. The number of nitrogens with one attached hydrogen (secondary N) is 1. The molecule has 3 aromatic rings. The Morgan fingerprint density at radius 3 is 2.74 bits per heavy atom. The third kappa shape index (κ3) is 4.01. The molecule has 0 spiro atoms. The van der Waals surface area contributed by atoms with Crippen LogP contribution in [0.1, 0.15) is 28.1 Å². The summed E-state index contributed by atoms with van der Waals surface area (Å²) in [6.45, 7) is 3.72. The summed E-state index contributed by atoms with van der Waals surface area (Å²) < 4.78 is 0. The van der Waals surface area contributed by atoms with Crippen molar-refractivity contribution in [1.82, 2.24) is 15.3 Å². The van der Waals surface area contributed by atoms with Gasteiger partial charge in [-0.25, -0.2) is 9.97 Å². The zero-order valence-electron chi connectivity index (χ0n) is 15.3. The maximum atomic E-state index is 12.9. The van der Waals surface area contributed by atoms with Gasteiger partial charge in [0, 0.05) is 37.1 Å². The first-order valence-electron chi connectivity index (χ1n) is 9.18. The number of amides is 1. The Morgan fingerprint density at radius 1 is 1.19 bits per heavy atom. The molecule has 1 aliphatic heterocycles. The smallest absolute Gasteiger partial charge is 0.262 e. The molecule has 27 heavy (non-hydrogen) atoms. The molecule has 138 valence electrons. The van der Waals surface area contributed by atoms with Crippen molar-refractivity contribution in [3.63, 3.8) is 0 Å². The fourth-order valence-electron chi connectivity index (χ4n) is 3.43. The maximum absolute atomic E-state index is 12.9. The highest BCUT2D eigenvalue weighted by atomic mass is 32.1. The molecule has 1 amide bonds. The molecule has 2 aromatic heterocycles. The first-order valence-corrected chi connectivity index (χ1v) is 10.1. The molecule has 1 atom stereocenters. The van der Waals surface area contributed by atoms with Crippen LogP contribution in [0.5, 0.6) is 0 Å². The van der Waals surface area contributed by atoms with Gasteiger partial charge in [0.2, 0.25) is 5.95 Å². The molecule has 1 aliphatic rings. The van der Waals surface area contributed by atoms with E-state index in [2.05, 4.69) is 51.4 Å². The summed E-state index contributed by atoms with van der Waals surface area (Å²) >= 11 is 1.49. The van der Waals surface area contributed by atoms with Gasteiger partial charge in [0.1, 0.15) is 0 Å². The van der Waals surface area contributed by atoms with E-state index >= 15 is 0 Å². The molecule has 0 bridgehead atoms. The van der Waals surface area contributed by atoms with E-state index < -0.39 is 0 Å². The highest BCUT2D eigenvalue weighted by molar-refractivity contribution is 7.12. The van der Waals surface area contributed by atoms with Gasteiger partial charge < -0.3 is 10.2 Å². The lowest BCUT2D eigenvalue weighted by molar-refractivity contribution is 0.0938. The molecule has 4 rings (SSSR count). The molecule has 3 heterocycles. The minimum Gasteiger partial charge on any atom is -0.347 e. The molecule has 1 saturated heterocycles. The van der Waals surface area contributed by atoms with Crippen LogP contribution in [0, 0.1) is 6.92 Å². The third-order valence-electron chi connectivity index (χ3n) is 4.83. The van der Waals surface area contributed by atoms with E-state index in [-0.39, 0.29) is 11.9 Å². The minimum absolute atomic E-state index is 0.00130. The second-order valence-corrected chi connectivity index (χ2v) is 7.75. The number of hydrogen-bond acceptors (Lipinski definition) is 5. The van der Waals surface area contributed by atoms with Gasteiger partial charge in [0.05, 0.1) is 4.88 Å². The number of carbonyl (C=O) groups is 1. The van der Waals surface area contributed by atoms with Crippen LogP contribution in [0.4, 0.5) is 5.95 Å². The van der Waals surface area contributed by atoms with E-state index in [0.717, 1.165) is 47.9 Å². The number of nitrogens with zero attached hydrogens (tertiary/aromatic N) is 3. The lowest BCUT2D eigenvalue weighted by Gasteiger charge is -2.33. The van der Waals surface area contributed by atoms with Gasteiger partial charge >= 0.3 is 0 Å². The lowest BCUT2D eigenvalue weighted by atomic mass is 10.0. The highest BCUT2D eigenvalue weighted by Gasteiger charge is 2.24. The Kier molecular flexibility index (Phi) is 5.16. The number of piperidine rings is 1. The summed E-state index contributed by atoms with van der Waals surface area (Å²) in [5, 5.41) is 5.20. The van der Waals surface area contributed by atoms with Gasteiger partial charge in [-0.2, -0.15) is 0 Å². The van der Waals surface area contributed by atoms with Crippen molar-refractivity contribution < 1.29 is 4.79 Å². The van der Waals surface area contributed by atoms with Crippen LogP contribution in [0.3, 0.4) is 0 Å². The second-order valence-electron chi connectivity index (χ2n) is 6.84. The van der Waals surface area contributed by atoms with Crippen LogP contribution >= 0.6 is 11.3 Å². The number of rotatable bonds is 4. The molecular weight excluding hydrogens is 356 g/mol. The third-order valence-corrected chi connectivity index (χ3v) is 5.74. The topological polar surface area (TPSA) is 58.1 Å². The van der Waals surface area contributed by atoms with Crippen LogP contribution in [-0.2, 0) is 0 Å². The Balaban J connectivity index is 1.47. The normalized spacial score (nSPS) is 16.9. The highest BCUT2D eigenvalue weighted by Crippen LogP contribution is 2.29. The van der Waals surface area contributed by atoms with Gasteiger partial charge in [-0.05, 0) is 42.8 Å². The van der Waals surface area contributed by atoms with Gasteiger partial charge in [0.25, 0.3) is 5.91 Å². The van der Waals surface area contributed by atoms with Crippen LogP contribution in [0.2, 0.25) is 0 Å². The van der Waals surface area contributed by atoms with Crippen molar-refractivity contribution in [2.24, 2.45) is 0 Å². The first-order chi connectivity index (χ1) is 13.2. The predicted octanol–water partition coefficient (Wildman–Crippen LogP) is 3.91. The molecule has 1 aromatic carbocycles. The average molecular weight is 379 g/mol. The summed E-state index contributed by atoms with van der Waals surface area (Å²) in [5.41, 5.74) is 3.29. The van der Waals surface area contributed by atoms with E-state index in [1.54, 1.807) is 12.4 Å². The van der Waals surface area contributed by atoms with Crippen LogP contribution < -0.4 is 10.2 Å². The number of aromatic nitrogens is 2. The number of thiophene rings is 1. The number of anilines is 1. The molecule has 0 unspecified atom stereocenters. The summed E-state index contributed by atoms with van der Waals surface area (Å²) in [6.07, 6.45) is 5.49.